The molecule has 27 heavy (non-hydrogen) atoms. The Morgan fingerprint density at radius 3 is 2.56 bits per heavy atom. The minimum absolute atomic E-state index is 0.0359. The number of para-hydroxylation sites is 1. The van der Waals surface area contributed by atoms with Gasteiger partial charge in [0.25, 0.3) is 5.91 Å². The molecule has 1 N–H and O–H groups in total. The summed E-state index contributed by atoms with van der Waals surface area (Å²) in [7, 11) is 2.03. The highest BCUT2D eigenvalue weighted by Gasteiger charge is 2.07. The molecule has 0 unspecified atom stereocenters. The van der Waals surface area contributed by atoms with Gasteiger partial charge in [-0.2, -0.15) is 0 Å². The number of aryl methyl sites for hydroxylation is 1. The monoisotopic (exact) mass is 397 g/mol. The van der Waals surface area contributed by atoms with E-state index in [2.05, 4.69) is 32.7 Å². The number of thioether (sulfide) groups is 1. The van der Waals surface area contributed by atoms with Gasteiger partial charge in [0.15, 0.2) is 0 Å². The molecule has 0 fully saturated rings. The van der Waals surface area contributed by atoms with Crippen molar-refractivity contribution in [2.24, 2.45) is 0 Å². The van der Waals surface area contributed by atoms with E-state index in [1.54, 1.807) is 23.1 Å². The molecular weight excluding hydrogens is 374 g/mol. The molecule has 1 amide bonds. The molecule has 0 aliphatic carbocycles. The van der Waals surface area contributed by atoms with Crippen molar-refractivity contribution >= 4 is 34.7 Å². The number of benzene rings is 2. The number of carbonyl (C=O) groups is 1. The molecular formula is C21H23N3OS2. The molecule has 6 heteroatoms. The molecule has 140 valence electrons. The van der Waals surface area contributed by atoms with Crippen LogP contribution in [0, 0.1) is 6.92 Å². The standard InChI is InChI=1S/C21H23N3OS2/c1-16-14-26-21(23-16)27-15-17-8-10-18(11-9-17)20(25)22-12-13-24(2)19-6-4-3-5-7-19/h3-11,14H,12-13,15H2,1-2H3,(H,22,25). The predicted octanol–water partition coefficient (Wildman–Crippen LogP) is 4.61. The fourth-order valence-electron chi connectivity index (χ4n) is 2.55. The van der Waals surface area contributed by atoms with Crippen LogP contribution in [0.3, 0.4) is 0 Å². The quantitative estimate of drug-likeness (QED) is 0.564. The van der Waals surface area contributed by atoms with E-state index in [0.717, 1.165) is 28.0 Å². The van der Waals surface area contributed by atoms with E-state index in [9.17, 15) is 4.79 Å². The average Bonchev–Trinajstić information content (AvgIpc) is 3.12. The number of anilines is 1. The molecule has 0 bridgehead atoms. The molecule has 0 saturated carbocycles. The molecule has 0 atom stereocenters. The summed E-state index contributed by atoms with van der Waals surface area (Å²) in [4.78, 5) is 18.9. The van der Waals surface area contributed by atoms with Gasteiger partial charge in [0.05, 0.1) is 0 Å². The van der Waals surface area contributed by atoms with Gasteiger partial charge in [-0.3, -0.25) is 4.79 Å². The summed E-state index contributed by atoms with van der Waals surface area (Å²) in [5.74, 6) is 0.822. The van der Waals surface area contributed by atoms with Crippen LogP contribution in [0.5, 0.6) is 0 Å². The van der Waals surface area contributed by atoms with Crippen LogP contribution >= 0.6 is 23.1 Å². The third kappa shape index (κ3) is 5.84. The molecule has 0 saturated heterocycles. The Kier molecular flexibility index (Phi) is 6.90. The van der Waals surface area contributed by atoms with Crippen LogP contribution in [-0.2, 0) is 5.75 Å². The summed E-state index contributed by atoms with van der Waals surface area (Å²) in [5.41, 5.74) is 4.08. The highest BCUT2D eigenvalue weighted by atomic mass is 32.2. The summed E-state index contributed by atoms with van der Waals surface area (Å²) in [6.07, 6.45) is 0. The van der Waals surface area contributed by atoms with Crippen molar-refractivity contribution in [3.05, 3.63) is 76.8 Å². The van der Waals surface area contributed by atoms with E-state index in [1.165, 1.54) is 5.56 Å². The molecule has 0 aliphatic rings. The van der Waals surface area contributed by atoms with Crippen molar-refractivity contribution < 1.29 is 4.79 Å². The van der Waals surface area contributed by atoms with Crippen LogP contribution in [0.25, 0.3) is 0 Å². The first-order chi connectivity index (χ1) is 13.1. The summed E-state index contributed by atoms with van der Waals surface area (Å²) < 4.78 is 1.08. The summed E-state index contributed by atoms with van der Waals surface area (Å²) in [5, 5.41) is 5.05. The van der Waals surface area contributed by atoms with Crippen molar-refractivity contribution in [2.75, 3.05) is 25.0 Å². The smallest absolute Gasteiger partial charge is 0.251 e. The van der Waals surface area contributed by atoms with Crippen molar-refractivity contribution in [1.82, 2.24) is 10.3 Å². The van der Waals surface area contributed by atoms with E-state index >= 15 is 0 Å². The van der Waals surface area contributed by atoms with Gasteiger partial charge in [0, 0.05) is 48.2 Å². The Morgan fingerprint density at radius 2 is 1.89 bits per heavy atom. The summed E-state index contributed by atoms with van der Waals surface area (Å²) in [6.45, 7) is 3.37. The Bertz CT molecular complexity index is 863. The second-order valence-corrected chi connectivity index (χ2v) is 8.33. The minimum atomic E-state index is -0.0359. The van der Waals surface area contributed by atoms with E-state index in [-0.39, 0.29) is 5.91 Å². The fraction of sp³-hybridized carbons (Fsp3) is 0.238. The largest absolute Gasteiger partial charge is 0.373 e. The molecule has 2 aromatic carbocycles. The second-order valence-electron chi connectivity index (χ2n) is 6.25. The van der Waals surface area contributed by atoms with Gasteiger partial charge >= 0.3 is 0 Å². The van der Waals surface area contributed by atoms with Crippen molar-refractivity contribution in [1.29, 1.82) is 0 Å². The lowest BCUT2D eigenvalue weighted by molar-refractivity contribution is 0.0954. The molecule has 3 aromatic rings. The zero-order valence-corrected chi connectivity index (χ0v) is 17.1. The van der Waals surface area contributed by atoms with Crippen LogP contribution in [0.1, 0.15) is 21.6 Å². The van der Waals surface area contributed by atoms with Crippen LogP contribution in [0.4, 0.5) is 5.69 Å². The molecule has 4 nitrogen and oxygen atoms in total. The van der Waals surface area contributed by atoms with Crippen molar-refractivity contribution in [3.8, 4) is 0 Å². The van der Waals surface area contributed by atoms with Gasteiger partial charge in [-0.05, 0) is 36.8 Å². The number of rotatable bonds is 8. The topological polar surface area (TPSA) is 45.2 Å². The van der Waals surface area contributed by atoms with Gasteiger partial charge < -0.3 is 10.2 Å². The lowest BCUT2D eigenvalue weighted by Gasteiger charge is -2.19. The number of hydrogen-bond acceptors (Lipinski definition) is 5. The zero-order valence-electron chi connectivity index (χ0n) is 15.5. The lowest BCUT2D eigenvalue weighted by Crippen LogP contribution is -2.32. The van der Waals surface area contributed by atoms with Crippen LogP contribution < -0.4 is 10.2 Å². The Hall–Kier alpha value is -2.31. The summed E-state index contributed by atoms with van der Waals surface area (Å²) >= 11 is 3.40. The number of nitrogens with one attached hydrogen (secondary N) is 1. The maximum absolute atomic E-state index is 12.3. The number of amides is 1. The number of hydrogen-bond donors (Lipinski definition) is 1. The van der Waals surface area contributed by atoms with Crippen molar-refractivity contribution in [3.63, 3.8) is 0 Å². The van der Waals surface area contributed by atoms with E-state index in [1.807, 2.05) is 56.4 Å². The minimum Gasteiger partial charge on any atom is -0.373 e. The maximum atomic E-state index is 12.3. The first-order valence-corrected chi connectivity index (χ1v) is 10.7. The SMILES string of the molecule is Cc1csc(SCc2ccc(C(=O)NCCN(C)c3ccccc3)cc2)n1. The third-order valence-corrected chi connectivity index (χ3v) is 6.32. The van der Waals surface area contributed by atoms with Crippen molar-refractivity contribution in [2.45, 2.75) is 17.0 Å². The van der Waals surface area contributed by atoms with Gasteiger partial charge in [-0.1, -0.05) is 42.1 Å². The summed E-state index contributed by atoms with van der Waals surface area (Å²) in [6, 6.07) is 18.0. The fourth-order valence-corrected chi connectivity index (χ4v) is 4.35. The first kappa shape index (κ1) is 19.5. The number of aromatic nitrogens is 1. The number of nitrogens with zero attached hydrogens (tertiary/aromatic N) is 2. The Labute approximate surface area is 168 Å². The molecule has 0 radical (unpaired) electrons. The van der Waals surface area contributed by atoms with Crippen LogP contribution in [-0.4, -0.2) is 31.0 Å². The lowest BCUT2D eigenvalue weighted by atomic mass is 10.1. The number of likely N-dealkylation sites (N-methyl/N-ethyl adjacent to an activating group) is 1. The van der Waals surface area contributed by atoms with Crippen LogP contribution in [0.15, 0.2) is 64.3 Å². The Morgan fingerprint density at radius 1 is 1.15 bits per heavy atom. The zero-order chi connectivity index (χ0) is 19.1. The third-order valence-electron chi connectivity index (χ3n) is 4.11. The average molecular weight is 398 g/mol. The maximum Gasteiger partial charge on any atom is 0.251 e. The number of carbonyl (C=O) groups excluding carboxylic acids is 1. The van der Waals surface area contributed by atoms with E-state index in [0.29, 0.717) is 12.1 Å². The number of thiazole rings is 1. The van der Waals surface area contributed by atoms with Gasteiger partial charge in [-0.25, -0.2) is 4.98 Å². The highest BCUT2D eigenvalue weighted by Crippen LogP contribution is 2.26. The van der Waals surface area contributed by atoms with E-state index in [4.69, 9.17) is 0 Å². The predicted molar refractivity (Wildman–Crippen MR) is 115 cm³/mol. The first-order valence-electron chi connectivity index (χ1n) is 8.80. The van der Waals surface area contributed by atoms with E-state index < -0.39 is 0 Å². The molecule has 1 heterocycles. The molecule has 0 spiro atoms. The molecule has 0 aliphatic heterocycles. The second kappa shape index (κ2) is 9.58. The van der Waals surface area contributed by atoms with Gasteiger partial charge in [-0.15, -0.1) is 11.3 Å². The normalized spacial score (nSPS) is 10.6. The molecule has 1 aromatic heterocycles. The van der Waals surface area contributed by atoms with Gasteiger partial charge in [0.1, 0.15) is 4.34 Å². The molecule has 3 rings (SSSR count). The van der Waals surface area contributed by atoms with Gasteiger partial charge in [0.2, 0.25) is 0 Å². The van der Waals surface area contributed by atoms with Crippen LogP contribution in [0.2, 0.25) is 0 Å². The highest BCUT2D eigenvalue weighted by molar-refractivity contribution is 8.00. The Balaban J connectivity index is 1.44.